The van der Waals surface area contributed by atoms with Gasteiger partial charge in [-0.3, -0.25) is 10.1 Å². The Bertz CT molecular complexity index is 548. The fraction of sp³-hybridized carbons (Fsp3) is 0.308. The van der Waals surface area contributed by atoms with E-state index in [4.69, 9.17) is 0 Å². The van der Waals surface area contributed by atoms with Crippen LogP contribution >= 0.6 is 0 Å². The first-order valence-corrected chi connectivity index (χ1v) is 6.13. The van der Waals surface area contributed by atoms with Crippen LogP contribution in [-0.4, -0.2) is 21.0 Å². The average molecular weight is 260 g/mol. The Morgan fingerprint density at radius 2 is 2.11 bits per heavy atom. The number of benzene rings is 1. The lowest BCUT2D eigenvalue weighted by Gasteiger charge is -2.07. The number of non-ortho nitro benzene ring substituents is 1. The number of nitrogens with one attached hydrogen (secondary N) is 1. The van der Waals surface area contributed by atoms with Gasteiger partial charge in [-0.05, 0) is 25.5 Å². The second kappa shape index (κ2) is 5.99. The molecule has 0 amide bonds. The number of aromatic nitrogens is 2. The van der Waals surface area contributed by atoms with Gasteiger partial charge in [-0.1, -0.05) is 0 Å². The van der Waals surface area contributed by atoms with Crippen LogP contribution < -0.4 is 5.32 Å². The molecule has 2 rings (SSSR count). The minimum Gasteiger partial charge on any atom is -0.385 e. The predicted octanol–water partition coefficient (Wildman–Crippen LogP) is 2.60. The first kappa shape index (κ1) is 13.1. The Hall–Kier alpha value is -2.37. The summed E-state index contributed by atoms with van der Waals surface area (Å²) in [7, 11) is 0. The van der Waals surface area contributed by atoms with Crippen molar-refractivity contribution >= 4 is 11.4 Å². The Kier molecular flexibility index (Phi) is 4.12. The molecule has 0 aliphatic rings. The van der Waals surface area contributed by atoms with Gasteiger partial charge in [-0.25, -0.2) is 4.98 Å². The maximum Gasteiger partial charge on any atom is 0.269 e. The van der Waals surface area contributed by atoms with E-state index in [-0.39, 0.29) is 5.69 Å². The zero-order valence-corrected chi connectivity index (χ0v) is 10.7. The highest BCUT2D eigenvalue weighted by atomic mass is 16.6. The molecule has 0 fully saturated rings. The highest BCUT2D eigenvalue weighted by Gasteiger charge is 2.03. The van der Waals surface area contributed by atoms with Gasteiger partial charge >= 0.3 is 0 Å². The molecule has 6 nitrogen and oxygen atoms in total. The van der Waals surface area contributed by atoms with Gasteiger partial charge in [0, 0.05) is 43.3 Å². The zero-order chi connectivity index (χ0) is 13.7. The molecule has 0 aliphatic carbocycles. The van der Waals surface area contributed by atoms with Crippen LogP contribution in [0.4, 0.5) is 11.4 Å². The SMILES string of the molecule is Cc1nccn1CCCNc1ccc([N+](=O)[O-])cc1. The molecule has 100 valence electrons. The van der Waals surface area contributed by atoms with Crippen LogP contribution in [0.3, 0.4) is 0 Å². The number of nitrogens with zero attached hydrogens (tertiary/aromatic N) is 3. The second-order valence-electron chi connectivity index (χ2n) is 4.25. The standard InChI is InChI=1S/C13H16N4O2/c1-11-14-8-10-16(11)9-2-7-15-12-3-5-13(6-4-12)17(18)19/h3-6,8,10,15H,2,7,9H2,1H3. The van der Waals surface area contributed by atoms with Crippen LogP contribution in [-0.2, 0) is 6.54 Å². The molecular formula is C13H16N4O2. The van der Waals surface area contributed by atoms with E-state index in [0.717, 1.165) is 31.0 Å². The number of anilines is 1. The summed E-state index contributed by atoms with van der Waals surface area (Å²) in [5, 5.41) is 13.7. The molecule has 0 spiro atoms. The van der Waals surface area contributed by atoms with Crippen LogP contribution in [0.25, 0.3) is 0 Å². The third kappa shape index (κ3) is 3.54. The molecule has 0 atom stereocenters. The summed E-state index contributed by atoms with van der Waals surface area (Å²) < 4.78 is 2.09. The first-order valence-electron chi connectivity index (χ1n) is 6.13. The summed E-state index contributed by atoms with van der Waals surface area (Å²) in [5.41, 5.74) is 1.01. The third-order valence-electron chi connectivity index (χ3n) is 2.91. The number of nitro benzene ring substituents is 1. The molecular weight excluding hydrogens is 244 g/mol. The first-order chi connectivity index (χ1) is 9.16. The smallest absolute Gasteiger partial charge is 0.269 e. The molecule has 2 aromatic rings. The van der Waals surface area contributed by atoms with Crippen molar-refractivity contribution in [3.8, 4) is 0 Å². The fourth-order valence-electron chi connectivity index (χ4n) is 1.82. The Morgan fingerprint density at radius 3 is 2.68 bits per heavy atom. The lowest BCUT2D eigenvalue weighted by atomic mass is 10.3. The Labute approximate surface area is 111 Å². The summed E-state index contributed by atoms with van der Waals surface area (Å²) in [6.07, 6.45) is 4.72. The predicted molar refractivity (Wildman–Crippen MR) is 73.2 cm³/mol. The molecule has 0 saturated carbocycles. The van der Waals surface area contributed by atoms with E-state index in [1.807, 2.05) is 13.1 Å². The molecule has 1 N–H and O–H groups in total. The Balaban J connectivity index is 1.76. The summed E-state index contributed by atoms with van der Waals surface area (Å²) in [5.74, 6) is 1.01. The monoisotopic (exact) mass is 260 g/mol. The molecule has 1 aromatic heterocycles. The number of hydrogen-bond donors (Lipinski definition) is 1. The van der Waals surface area contributed by atoms with Gasteiger partial charge in [0.15, 0.2) is 0 Å². The van der Waals surface area contributed by atoms with Gasteiger partial charge in [0.1, 0.15) is 5.82 Å². The van der Waals surface area contributed by atoms with Crippen molar-refractivity contribution in [1.82, 2.24) is 9.55 Å². The lowest BCUT2D eigenvalue weighted by Crippen LogP contribution is -2.07. The van der Waals surface area contributed by atoms with E-state index in [0.29, 0.717) is 0 Å². The second-order valence-corrected chi connectivity index (χ2v) is 4.25. The average Bonchev–Trinajstić information content (AvgIpc) is 2.81. The van der Waals surface area contributed by atoms with E-state index in [9.17, 15) is 10.1 Å². The van der Waals surface area contributed by atoms with Crippen molar-refractivity contribution in [2.24, 2.45) is 0 Å². The van der Waals surface area contributed by atoms with Gasteiger partial charge in [0.25, 0.3) is 5.69 Å². The van der Waals surface area contributed by atoms with Crippen molar-refractivity contribution in [2.75, 3.05) is 11.9 Å². The minimum absolute atomic E-state index is 0.111. The number of nitro groups is 1. The zero-order valence-electron chi connectivity index (χ0n) is 10.7. The highest BCUT2D eigenvalue weighted by Crippen LogP contribution is 2.15. The van der Waals surface area contributed by atoms with Crippen LogP contribution in [0.5, 0.6) is 0 Å². The third-order valence-corrected chi connectivity index (χ3v) is 2.91. The van der Waals surface area contributed by atoms with Crippen molar-refractivity contribution in [1.29, 1.82) is 0 Å². The van der Waals surface area contributed by atoms with Gasteiger partial charge in [0.05, 0.1) is 4.92 Å². The molecule has 0 bridgehead atoms. The van der Waals surface area contributed by atoms with Gasteiger partial charge in [-0.2, -0.15) is 0 Å². The van der Waals surface area contributed by atoms with E-state index in [1.54, 1.807) is 18.3 Å². The van der Waals surface area contributed by atoms with Crippen LogP contribution in [0.2, 0.25) is 0 Å². The van der Waals surface area contributed by atoms with Gasteiger partial charge in [0.2, 0.25) is 0 Å². The molecule has 0 aliphatic heterocycles. The van der Waals surface area contributed by atoms with Crippen molar-refractivity contribution < 1.29 is 4.92 Å². The van der Waals surface area contributed by atoms with Crippen LogP contribution in [0.1, 0.15) is 12.2 Å². The van der Waals surface area contributed by atoms with E-state index in [2.05, 4.69) is 14.9 Å². The highest BCUT2D eigenvalue weighted by molar-refractivity contribution is 5.48. The van der Waals surface area contributed by atoms with Gasteiger partial charge in [-0.15, -0.1) is 0 Å². The number of aryl methyl sites for hydroxylation is 2. The fourth-order valence-corrected chi connectivity index (χ4v) is 1.82. The van der Waals surface area contributed by atoms with Crippen molar-refractivity contribution in [3.63, 3.8) is 0 Å². The molecule has 0 saturated heterocycles. The van der Waals surface area contributed by atoms with Crippen molar-refractivity contribution in [3.05, 3.63) is 52.6 Å². The maximum absolute atomic E-state index is 10.5. The normalized spacial score (nSPS) is 10.4. The van der Waals surface area contributed by atoms with E-state index < -0.39 is 4.92 Å². The molecule has 1 aromatic carbocycles. The largest absolute Gasteiger partial charge is 0.385 e. The summed E-state index contributed by atoms with van der Waals surface area (Å²) in [6, 6.07) is 6.45. The number of imidazole rings is 1. The minimum atomic E-state index is -0.397. The topological polar surface area (TPSA) is 73.0 Å². The molecule has 0 unspecified atom stereocenters. The van der Waals surface area contributed by atoms with Gasteiger partial charge < -0.3 is 9.88 Å². The van der Waals surface area contributed by atoms with Crippen LogP contribution in [0, 0.1) is 17.0 Å². The number of hydrogen-bond acceptors (Lipinski definition) is 4. The summed E-state index contributed by atoms with van der Waals surface area (Å²) in [4.78, 5) is 14.3. The quantitative estimate of drug-likeness (QED) is 0.492. The molecule has 6 heteroatoms. The molecule has 0 radical (unpaired) electrons. The van der Waals surface area contributed by atoms with Crippen molar-refractivity contribution in [2.45, 2.75) is 19.9 Å². The maximum atomic E-state index is 10.5. The summed E-state index contributed by atoms with van der Waals surface area (Å²) in [6.45, 7) is 3.70. The lowest BCUT2D eigenvalue weighted by molar-refractivity contribution is -0.384. The summed E-state index contributed by atoms with van der Waals surface area (Å²) >= 11 is 0. The molecule has 19 heavy (non-hydrogen) atoms. The Morgan fingerprint density at radius 1 is 1.37 bits per heavy atom. The van der Waals surface area contributed by atoms with Crippen LogP contribution in [0.15, 0.2) is 36.7 Å². The number of rotatable bonds is 6. The van der Waals surface area contributed by atoms with E-state index in [1.165, 1.54) is 12.1 Å². The van der Waals surface area contributed by atoms with E-state index >= 15 is 0 Å². The molecule has 1 heterocycles.